The monoisotopic (exact) mass is 319 g/mol. The zero-order chi connectivity index (χ0) is 16.4. The van der Waals surface area contributed by atoms with Gasteiger partial charge in [-0.2, -0.15) is 4.91 Å². The molecule has 0 radical (unpaired) electrons. The van der Waals surface area contributed by atoms with Gasteiger partial charge in [0.05, 0.1) is 12.2 Å². The zero-order valence-electron chi connectivity index (χ0n) is 14.2. The number of fused-ring (bicyclic) bond motifs is 5. The second-order valence-corrected chi connectivity index (χ2v) is 9.03. The number of rotatable bonds is 1. The molecule has 0 aliphatic heterocycles. The van der Waals surface area contributed by atoms with E-state index in [1.165, 1.54) is 5.57 Å². The molecule has 3 fully saturated rings. The number of aliphatic hydroxyl groups excluding tert-OH is 2. The molecule has 4 nitrogen and oxygen atoms in total. The van der Waals surface area contributed by atoms with Gasteiger partial charge in [0.1, 0.15) is 6.04 Å². The average Bonchev–Trinajstić information content (AvgIpc) is 2.83. The Kier molecular flexibility index (Phi) is 3.51. The van der Waals surface area contributed by atoms with E-state index in [1.54, 1.807) is 0 Å². The Hall–Kier alpha value is -0.740. The van der Waals surface area contributed by atoms with Gasteiger partial charge in [0.25, 0.3) is 0 Å². The van der Waals surface area contributed by atoms with E-state index in [1.807, 2.05) is 0 Å². The highest BCUT2D eigenvalue weighted by Gasteiger charge is 2.61. The van der Waals surface area contributed by atoms with Crippen LogP contribution in [0.1, 0.15) is 58.8 Å². The van der Waals surface area contributed by atoms with Crippen LogP contribution in [0.2, 0.25) is 0 Å². The van der Waals surface area contributed by atoms with Crippen LogP contribution in [0.15, 0.2) is 16.8 Å². The highest BCUT2D eigenvalue weighted by molar-refractivity contribution is 5.29. The number of hydrogen-bond donors (Lipinski definition) is 2. The third kappa shape index (κ3) is 2.03. The van der Waals surface area contributed by atoms with Crippen molar-refractivity contribution in [2.75, 3.05) is 0 Å². The Labute approximate surface area is 138 Å². The van der Waals surface area contributed by atoms with Crippen LogP contribution in [0.25, 0.3) is 0 Å². The molecule has 0 spiro atoms. The lowest BCUT2D eigenvalue weighted by Crippen LogP contribution is -2.54. The van der Waals surface area contributed by atoms with Crippen molar-refractivity contribution in [3.63, 3.8) is 0 Å². The van der Waals surface area contributed by atoms with Crippen LogP contribution in [0.5, 0.6) is 0 Å². The summed E-state index contributed by atoms with van der Waals surface area (Å²) in [7, 11) is 0. The normalized spacial score (nSPS) is 55.4. The first-order valence-electron chi connectivity index (χ1n) is 9.30. The lowest BCUT2D eigenvalue weighted by Gasteiger charge is -2.58. The molecule has 1 unspecified atom stereocenters. The van der Waals surface area contributed by atoms with Gasteiger partial charge in [-0.15, -0.1) is 0 Å². The van der Waals surface area contributed by atoms with Crippen LogP contribution in [-0.2, 0) is 0 Å². The molecule has 2 N–H and O–H groups in total. The van der Waals surface area contributed by atoms with Crippen LogP contribution in [0.4, 0.5) is 0 Å². The quantitative estimate of drug-likeness (QED) is 0.575. The molecule has 4 aliphatic carbocycles. The molecule has 0 aromatic rings. The molecule has 0 aromatic carbocycles. The zero-order valence-corrected chi connectivity index (χ0v) is 14.2. The number of nitroso groups, excluding NO2 is 1. The van der Waals surface area contributed by atoms with E-state index >= 15 is 0 Å². The van der Waals surface area contributed by atoms with Gasteiger partial charge in [-0.05, 0) is 73.5 Å². The van der Waals surface area contributed by atoms with E-state index in [0.29, 0.717) is 18.3 Å². The van der Waals surface area contributed by atoms with Gasteiger partial charge in [0.15, 0.2) is 0 Å². The summed E-state index contributed by atoms with van der Waals surface area (Å²) in [6.07, 6.45) is 8.19. The van der Waals surface area contributed by atoms with Crippen molar-refractivity contribution in [3.8, 4) is 0 Å². The molecule has 3 saturated carbocycles. The van der Waals surface area contributed by atoms with Crippen molar-refractivity contribution < 1.29 is 10.2 Å². The molecule has 23 heavy (non-hydrogen) atoms. The molecule has 128 valence electrons. The van der Waals surface area contributed by atoms with Gasteiger partial charge < -0.3 is 10.2 Å². The van der Waals surface area contributed by atoms with Crippen molar-refractivity contribution in [1.29, 1.82) is 0 Å². The summed E-state index contributed by atoms with van der Waals surface area (Å²) in [5.74, 6) is 1.15. The number of hydrogen-bond acceptors (Lipinski definition) is 4. The van der Waals surface area contributed by atoms with Crippen LogP contribution in [0.3, 0.4) is 0 Å². The summed E-state index contributed by atoms with van der Waals surface area (Å²) in [5.41, 5.74) is 1.34. The van der Waals surface area contributed by atoms with Crippen LogP contribution in [-0.4, -0.2) is 28.5 Å². The molecule has 0 aromatic heterocycles. The molecule has 8 atom stereocenters. The minimum atomic E-state index is -0.275. The highest BCUT2D eigenvalue weighted by Crippen LogP contribution is 2.65. The largest absolute Gasteiger partial charge is 0.393 e. The first-order valence-corrected chi connectivity index (χ1v) is 9.30. The third-order valence-electron chi connectivity index (χ3n) is 8.18. The summed E-state index contributed by atoms with van der Waals surface area (Å²) < 4.78 is 0. The number of nitrogens with zero attached hydrogens (tertiary/aromatic N) is 1. The van der Waals surface area contributed by atoms with Crippen molar-refractivity contribution in [3.05, 3.63) is 16.6 Å². The Morgan fingerprint density at radius 2 is 1.87 bits per heavy atom. The van der Waals surface area contributed by atoms with Gasteiger partial charge >= 0.3 is 0 Å². The van der Waals surface area contributed by atoms with Crippen LogP contribution >= 0.6 is 0 Å². The van der Waals surface area contributed by atoms with E-state index in [0.717, 1.165) is 38.5 Å². The number of aliphatic hydroxyl groups is 2. The first kappa shape index (κ1) is 15.8. The SMILES string of the molecule is C[C@]12CC[C@H]3[C@@H](C(N=O)C=C4C[C@@H](O)CC[C@@]43C)[C@@H]1CC[C@@H]2O. The highest BCUT2D eigenvalue weighted by atomic mass is 16.3. The minimum absolute atomic E-state index is 0.0417. The molecule has 4 heteroatoms. The fourth-order valence-electron chi connectivity index (χ4n) is 6.70. The molecule has 0 bridgehead atoms. The Bertz CT molecular complexity index is 547. The standard InChI is InChI=1S/C19H29NO3/c1-18-7-5-12(21)9-11(18)10-15(20-23)17-13-3-4-16(22)19(13,2)8-6-14(17)18/h10,12-17,21-22H,3-9H2,1-2H3/t12-,13-,14-,15?,16-,17-,18-,19-/m0/s1. The maximum Gasteiger partial charge on any atom is 0.114 e. The molecule has 0 saturated heterocycles. The van der Waals surface area contributed by atoms with Gasteiger partial charge in [-0.25, -0.2) is 0 Å². The smallest absolute Gasteiger partial charge is 0.114 e. The van der Waals surface area contributed by atoms with Gasteiger partial charge in [0.2, 0.25) is 0 Å². The summed E-state index contributed by atoms with van der Waals surface area (Å²) in [4.78, 5) is 11.6. The predicted octanol–water partition coefficient (Wildman–Crippen LogP) is 3.42. The van der Waals surface area contributed by atoms with Crippen LogP contribution < -0.4 is 0 Å². The summed E-state index contributed by atoms with van der Waals surface area (Å²) >= 11 is 0. The summed E-state index contributed by atoms with van der Waals surface area (Å²) in [5, 5.41) is 24.1. The van der Waals surface area contributed by atoms with Crippen molar-refractivity contribution in [1.82, 2.24) is 0 Å². The topological polar surface area (TPSA) is 69.9 Å². The van der Waals surface area contributed by atoms with E-state index < -0.39 is 0 Å². The Morgan fingerprint density at radius 3 is 2.61 bits per heavy atom. The average molecular weight is 319 g/mol. The van der Waals surface area contributed by atoms with E-state index in [-0.39, 0.29) is 35.0 Å². The molecule has 0 amide bonds. The van der Waals surface area contributed by atoms with Gasteiger partial charge in [-0.1, -0.05) is 30.7 Å². The minimum Gasteiger partial charge on any atom is -0.393 e. The van der Waals surface area contributed by atoms with Crippen molar-refractivity contribution in [2.45, 2.75) is 77.0 Å². The fraction of sp³-hybridized carbons (Fsp3) is 0.895. The fourth-order valence-corrected chi connectivity index (χ4v) is 6.70. The second kappa shape index (κ2) is 5.13. The summed E-state index contributed by atoms with van der Waals surface area (Å²) in [6, 6.07) is -0.275. The van der Waals surface area contributed by atoms with Crippen molar-refractivity contribution in [2.24, 2.45) is 33.8 Å². The maximum atomic E-state index is 11.6. The summed E-state index contributed by atoms with van der Waals surface area (Å²) in [6.45, 7) is 4.57. The van der Waals surface area contributed by atoms with E-state index in [2.05, 4.69) is 25.1 Å². The Balaban J connectivity index is 1.77. The first-order chi connectivity index (χ1) is 10.9. The molecular weight excluding hydrogens is 290 g/mol. The third-order valence-corrected chi connectivity index (χ3v) is 8.18. The van der Waals surface area contributed by atoms with E-state index in [4.69, 9.17) is 0 Å². The molecule has 0 heterocycles. The van der Waals surface area contributed by atoms with Crippen molar-refractivity contribution >= 4 is 0 Å². The second-order valence-electron chi connectivity index (χ2n) is 9.03. The molecule has 4 aliphatic rings. The molecule has 4 rings (SSSR count). The maximum absolute atomic E-state index is 11.6. The van der Waals surface area contributed by atoms with Gasteiger partial charge in [-0.3, -0.25) is 0 Å². The van der Waals surface area contributed by atoms with E-state index in [9.17, 15) is 15.1 Å². The predicted molar refractivity (Wildman–Crippen MR) is 88.7 cm³/mol. The van der Waals surface area contributed by atoms with Gasteiger partial charge in [0, 0.05) is 0 Å². The lowest BCUT2D eigenvalue weighted by atomic mass is 9.47. The molecular formula is C19H29NO3. The van der Waals surface area contributed by atoms with Crippen LogP contribution in [0, 0.1) is 33.5 Å². The lowest BCUT2D eigenvalue weighted by molar-refractivity contribution is -0.0761. The Morgan fingerprint density at radius 1 is 1.09 bits per heavy atom.